The number of carbonyl (C=O) groups is 2. The van der Waals surface area contributed by atoms with Crippen LogP contribution in [0.3, 0.4) is 0 Å². The number of Topliss-reactive ketones (excluding diaryl/α,β-unsaturated/α-hetero) is 2. The molecule has 1 heterocycles. The second kappa shape index (κ2) is 4.07. The molecule has 0 fully saturated rings. The van der Waals surface area contributed by atoms with Crippen LogP contribution < -0.4 is 0 Å². The molecule has 0 spiro atoms. The van der Waals surface area contributed by atoms with Crippen LogP contribution in [-0.2, 0) is 9.53 Å². The lowest BCUT2D eigenvalue weighted by Gasteiger charge is -2.21. The molecule has 1 aliphatic carbocycles. The molecule has 1 aliphatic heterocycles. The molecule has 2 aromatic rings. The monoisotopic (exact) mass is 292 g/mol. The normalized spacial score (nSPS) is 19.2. The van der Waals surface area contributed by atoms with Gasteiger partial charge in [0.05, 0.1) is 5.57 Å². The van der Waals surface area contributed by atoms with Crippen LogP contribution in [0.25, 0.3) is 16.5 Å². The number of carbonyl (C=O) groups excluding carboxylic acids is 2. The Morgan fingerprint density at radius 1 is 1.00 bits per heavy atom. The molecule has 0 atom stereocenters. The maximum absolute atomic E-state index is 12.7. The first-order chi connectivity index (χ1) is 10.4. The van der Waals surface area contributed by atoms with E-state index in [2.05, 4.69) is 0 Å². The average Bonchev–Trinajstić information content (AvgIpc) is 2.80. The van der Waals surface area contributed by atoms with E-state index >= 15 is 0 Å². The Bertz CT molecular complexity index is 900. The number of ketones is 2. The van der Waals surface area contributed by atoms with Gasteiger partial charge in [-0.1, -0.05) is 24.3 Å². The fourth-order valence-electron chi connectivity index (χ4n) is 3.48. The van der Waals surface area contributed by atoms with Crippen molar-refractivity contribution in [2.45, 2.75) is 32.8 Å². The number of rotatable bonds is 0. The van der Waals surface area contributed by atoms with Gasteiger partial charge in [0.25, 0.3) is 0 Å². The Morgan fingerprint density at radius 2 is 1.77 bits per heavy atom. The first-order valence-electron chi connectivity index (χ1n) is 7.43. The summed E-state index contributed by atoms with van der Waals surface area (Å²) in [5, 5.41) is 1.83. The molecule has 3 nitrogen and oxygen atoms in total. The highest BCUT2D eigenvalue weighted by molar-refractivity contribution is 6.54. The van der Waals surface area contributed by atoms with Gasteiger partial charge < -0.3 is 4.74 Å². The highest BCUT2D eigenvalue weighted by atomic mass is 16.5. The van der Waals surface area contributed by atoms with Gasteiger partial charge in [-0.05, 0) is 43.2 Å². The Balaban J connectivity index is 2.08. The largest absolute Gasteiger partial charge is 0.486 e. The van der Waals surface area contributed by atoms with Gasteiger partial charge in [-0.2, -0.15) is 0 Å². The molecule has 110 valence electrons. The van der Waals surface area contributed by atoms with E-state index in [1.807, 2.05) is 51.1 Å². The minimum Gasteiger partial charge on any atom is -0.486 e. The van der Waals surface area contributed by atoms with Gasteiger partial charge in [-0.25, -0.2) is 0 Å². The first-order valence-corrected chi connectivity index (χ1v) is 7.43. The van der Waals surface area contributed by atoms with Gasteiger partial charge in [-0.15, -0.1) is 0 Å². The molecule has 0 unspecified atom stereocenters. The molecule has 4 rings (SSSR count). The zero-order valence-electron chi connectivity index (χ0n) is 12.8. The molecular formula is C19H16O3. The van der Waals surface area contributed by atoms with E-state index < -0.39 is 17.2 Å². The van der Waals surface area contributed by atoms with Gasteiger partial charge in [-0.3, -0.25) is 9.59 Å². The van der Waals surface area contributed by atoms with Gasteiger partial charge in [0.1, 0.15) is 11.4 Å². The van der Waals surface area contributed by atoms with Crippen LogP contribution in [0.1, 0.15) is 41.8 Å². The molecule has 2 aromatic carbocycles. The quantitative estimate of drug-likeness (QED) is 0.693. The third kappa shape index (κ3) is 1.62. The molecule has 0 saturated carbocycles. The van der Waals surface area contributed by atoms with Crippen LogP contribution in [0.2, 0.25) is 0 Å². The van der Waals surface area contributed by atoms with E-state index in [9.17, 15) is 9.59 Å². The molecule has 0 N–H and O–H groups in total. The molecule has 0 radical (unpaired) electrons. The van der Waals surface area contributed by atoms with Crippen molar-refractivity contribution in [2.75, 3.05) is 0 Å². The molecule has 0 aromatic heterocycles. The smallest absolute Gasteiger partial charge is 0.234 e. The molecule has 0 bridgehead atoms. The second-order valence-electron chi connectivity index (χ2n) is 6.66. The number of hydrogen-bond donors (Lipinski definition) is 0. The lowest BCUT2D eigenvalue weighted by Crippen LogP contribution is -2.23. The topological polar surface area (TPSA) is 43.4 Å². The van der Waals surface area contributed by atoms with E-state index in [1.165, 1.54) is 0 Å². The van der Waals surface area contributed by atoms with Crippen LogP contribution in [0.15, 0.2) is 35.9 Å². The minimum atomic E-state index is -0.441. The summed E-state index contributed by atoms with van der Waals surface area (Å²) < 4.78 is 5.98. The fraction of sp³-hybridized carbons (Fsp3) is 0.263. The van der Waals surface area contributed by atoms with E-state index in [1.54, 1.807) is 0 Å². The molecule has 3 heteroatoms. The van der Waals surface area contributed by atoms with Gasteiger partial charge in [0, 0.05) is 17.5 Å². The van der Waals surface area contributed by atoms with Crippen LogP contribution in [0.4, 0.5) is 0 Å². The lowest BCUT2D eigenvalue weighted by molar-refractivity contribution is -0.112. The third-order valence-corrected chi connectivity index (χ3v) is 4.49. The van der Waals surface area contributed by atoms with Crippen molar-refractivity contribution in [1.82, 2.24) is 0 Å². The third-order valence-electron chi connectivity index (χ3n) is 4.49. The number of ether oxygens (including phenoxy) is 1. The lowest BCUT2D eigenvalue weighted by atomic mass is 9.83. The van der Waals surface area contributed by atoms with E-state index in [4.69, 9.17) is 4.74 Å². The summed E-state index contributed by atoms with van der Waals surface area (Å²) in [6.45, 7) is 5.88. The van der Waals surface area contributed by atoms with Crippen LogP contribution in [0.5, 0.6) is 0 Å². The molecule has 22 heavy (non-hydrogen) atoms. The van der Waals surface area contributed by atoms with Gasteiger partial charge in [0.2, 0.25) is 11.6 Å². The average molecular weight is 292 g/mol. The highest BCUT2D eigenvalue weighted by Gasteiger charge is 2.43. The van der Waals surface area contributed by atoms with Crippen molar-refractivity contribution in [2.24, 2.45) is 0 Å². The number of aryl methyl sites for hydroxylation is 1. The van der Waals surface area contributed by atoms with E-state index in [0.29, 0.717) is 23.3 Å². The van der Waals surface area contributed by atoms with Crippen LogP contribution in [0, 0.1) is 6.92 Å². The fourth-order valence-corrected chi connectivity index (χ4v) is 3.48. The SMILES string of the molecule is Cc1cccc2c3c(ccc12)C1=C(CC(C)(C)O1)C(=O)C3=O. The summed E-state index contributed by atoms with van der Waals surface area (Å²) in [4.78, 5) is 25.2. The summed E-state index contributed by atoms with van der Waals surface area (Å²) in [5.41, 5.74) is 2.41. The van der Waals surface area contributed by atoms with E-state index in [0.717, 1.165) is 21.9 Å². The minimum absolute atomic E-state index is 0.411. The van der Waals surface area contributed by atoms with E-state index in [-0.39, 0.29) is 0 Å². The van der Waals surface area contributed by atoms with Crippen molar-refractivity contribution in [1.29, 1.82) is 0 Å². The van der Waals surface area contributed by atoms with Crippen LogP contribution >= 0.6 is 0 Å². The maximum Gasteiger partial charge on any atom is 0.234 e. The van der Waals surface area contributed by atoms with Crippen molar-refractivity contribution in [3.63, 3.8) is 0 Å². The van der Waals surface area contributed by atoms with Gasteiger partial charge >= 0.3 is 0 Å². The maximum atomic E-state index is 12.7. The zero-order valence-corrected chi connectivity index (χ0v) is 12.8. The highest BCUT2D eigenvalue weighted by Crippen LogP contribution is 2.45. The van der Waals surface area contributed by atoms with Gasteiger partial charge in [0.15, 0.2) is 0 Å². The Labute approximate surface area is 128 Å². The second-order valence-corrected chi connectivity index (χ2v) is 6.66. The molecular weight excluding hydrogens is 276 g/mol. The molecule has 2 aliphatic rings. The molecule has 0 amide bonds. The molecule has 0 saturated heterocycles. The zero-order chi connectivity index (χ0) is 15.6. The number of benzene rings is 2. The Kier molecular flexibility index (Phi) is 2.45. The predicted molar refractivity (Wildman–Crippen MR) is 84.7 cm³/mol. The van der Waals surface area contributed by atoms with Crippen molar-refractivity contribution < 1.29 is 14.3 Å². The Hall–Kier alpha value is -2.42. The van der Waals surface area contributed by atoms with Crippen molar-refractivity contribution >= 4 is 28.1 Å². The number of hydrogen-bond acceptors (Lipinski definition) is 3. The summed E-state index contributed by atoms with van der Waals surface area (Å²) in [6.07, 6.45) is 0.484. The standard InChI is InChI=1S/C19H16O3/c1-10-5-4-6-12-11(10)7-8-13-15(12)17(21)16(20)14-9-19(2,3)22-18(13)14/h4-8H,9H2,1-3H3. The van der Waals surface area contributed by atoms with Crippen LogP contribution in [-0.4, -0.2) is 17.2 Å². The van der Waals surface area contributed by atoms with Crippen molar-refractivity contribution in [3.05, 3.63) is 52.6 Å². The van der Waals surface area contributed by atoms with Crippen molar-refractivity contribution in [3.8, 4) is 0 Å². The number of fused-ring (bicyclic) bond motifs is 4. The Morgan fingerprint density at radius 3 is 2.55 bits per heavy atom. The summed E-state index contributed by atoms with van der Waals surface area (Å²) in [6, 6.07) is 9.73. The predicted octanol–water partition coefficient (Wildman–Crippen LogP) is 3.82. The summed E-state index contributed by atoms with van der Waals surface area (Å²) in [7, 11) is 0. The summed E-state index contributed by atoms with van der Waals surface area (Å²) in [5.74, 6) is -0.235. The first kappa shape index (κ1) is 13.3. The summed E-state index contributed by atoms with van der Waals surface area (Å²) >= 11 is 0.